The standard InChI is InChI=1S/C24H26N4O4/c1-15-21(23(29)27-10-12-32-13-11-27)22(17-9-8-16(30-2)14-20(17)31-3)28-19-7-5-4-6-18(19)26-24(28)25-15/h4-9,14,22H,10-13H2,1-3H3,(H,25,26)/t22-/m0/s1. The maximum absolute atomic E-state index is 13.8. The average molecular weight is 434 g/mol. The first kappa shape index (κ1) is 20.4. The lowest BCUT2D eigenvalue weighted by Crippen LogP contribution is -2.44. The molecular weight excluding hydrogens is 408 g/mol. The molecule has 32 heavy (non-hydrogen) atoms. The van der Waals surface area contributed by atoms with E-state index in [1.165, 1.54) is 0 Å². The molecule has 0 radical (unpaired) electrons. The molecule has 2 aliphatic heterocycles. The number of morpholine rings is 1. The lowest BCUT2D eigenvalue weighted by Gasteiger charge is -2.35. The Kier molecular flexibility index (Phi) is 5.22. The van der Waals surface area contributed by atoms with Gasteiger partial charge < -0.3 is 24.4 Å². The lowest BCUT2D eigenvalue weighted by molar-refractivity contribution is -0.131. The summed E-state index contributed by atoms with van der Waals surface area (Å²) in [6.45, 7) is 4.15. The van der Waals surface area contributed by atoms with Crippen molar-refractivity contribution in [2.45, 2.75) is 13.0 Å². The molecule has 0 aliphatic carbocycles. The van der Waals surface area contributed by atoms with Gasteiger partial charge in [0.15, 0.2) is 0 Å². The van der Waals surface area contributed by atoms with Crippen molar-refractivity contribution in [3.63, 3.8) is 0 Å². The van der Waals surface area contributed by atoms with Gasteiger partial charge in [0, 0.05) is 30.4 Å². The summed E-state index contributed by atoms with van der Waals surface area (Å²) in [5.41, 5.74) is 4.13. The molecule has 0 unspecified atom stereocenters. The monoisotopic (exact) mass is 434 g/mol. The molecule has 1 aromatic heterocycles. The molecule has 3 heterocycles. The number of methoxy groups -OCH3 is 2. The topological polar surface area (TPSA) is 77.9 Å². The summed E-state index contributed by atoms with van der Waals surface area (Å²) in [6.07, 6.45) is 0. The summed E-state index contributed by atoms with van der Waals surface area (Å²) in [5.74, 6) is 2.03. The highest BCUT2D eigenvalue weighted by Crippen LogP contribution is 2.43. The number of carbonyl (C=O) groups is 1. The Bertz CT molecular complexity index is 1210. The van der Waals surface area contributed by atoms with E-state index in [2.05, 4.69) is 9.88 Å². The van der Waals surface area contributed by atoms with E-state index in [0.29, 0.717) is 49.3 Å². The van der Waals surface area contributed by atoms with E-state index in [1.54, 1.807) is 14.2 Å². The molecule has 2 aromatic carbocycles. The molecule has 0 spiro atoms. The lowest BCUT2D eigenvalue weighted by atomic mass is 9.93. The minimum atomic E-state index is -0.408. The van der Waals surface area contributed by atoms with Crippen molar-refractivity contribution in [1.29, 1.82) is 0 Å². The Balaban J connectivity index is 1.73. The number of imidazole rings is 1. The van der Waals surface area contributed by atoms with Crippen molar-refractivity contribution in [2.75, 3.05) is 45.8 Å². The summed E-state index contributed by atoms with van der Waals surface area (Å²) in [5, 5.41) is 3.37. The smallest absolute Gasteiger partial charge is 0.254 e. The van der Waals surface area contributed by atoms with Gasteiger partial charge in [0.2, 0.25) is 5.95 Å². The van der Waals surface area contributed by atoms with Crippen molar-refractivity contribution in [3.8, 4) is 11.5 Å². The maximum Gasteiger partial charge on any atom is 0.254 e. The molecule has 2 aliphatic rings. The highest BCUT2D eigenvalue weighted by Gasteiger charge is 2.37. The number of fused-ring (bicyclic) bond motifs is 3. The molecule has 8 nitrogen and oxygen atoms in total. The second kappa shape index (κ2) is 8.20. The number of allylic oxidation sites excluding steroid dienone is 1. The number of nitrogens with one attached hydrogen (secondary N) is 1. The number of amides is 1. The zero-order valence-electron chi connectivity index (χ0n) is 18.4. The van der Waals surface area contributed by atoms with Gasteiger partial charge >= 0.3 is 0 Å². The fourth-order valence-corrected chi connectivity index (χ4v) is 4.52. The average Bonchev–Trinajstić information content (AvgIpc) is 3.20. The van der Waals surface area contributed by atoms with Crippen LogP contribution in [0.4, 0.5) is 5.95 Å². The molecule has 1 saturated heterocycles. The molecule has 3 aromatic rings. The number of anilines is 1. The van der Waals surface area contributed by atoms with Crippen LogP contribution in [0.2, 0.25) is 0 Å². The number of aromatic nitrogens is 2. The minimum Gasteiger partial charge on any atom is -0.497 e. The SMILES string of the molecule is COc1ccc([C@H]2C(C(=O)N3CCOCC3)=C(C)Nc3nc4ccccc4n32)c(OC)c1. The molecular formula is C24H26N4O4. The number of ether oxygens (including phenoxy) is 3. The highest BCUT2D eigenvalue weighted by molar-refractivity contribution is 5.98. The van der Waals surface area contributed by atoms with E-state index in [4.69, 9.17) is 19.2 Å². The Morgan fingerprint density at radius 3 is 2.66 bits per heavy atom. The predicted octanol–water partition coefficient (Wildman–Crippen LogP) is 3.20. The molecule has 5 rings (SSSR count). The van der Waals surface area contributed by atoms with Gasteiger partial charge in [-0.25, -0.2) is 4.98 Å². The van der Waals surface area contributed by atoms with E-state index in [1.807, 2.05) is 54.3 Å². The summed E-state index contributed by atoms with van der Waals surface area (Å²) in [6, 6.07) is 13.2. The van der Waals surface area contributed by atoms with Gasteiger partial charge in [-0.2, -0.15) is 0 Å². The third-order valence-electron chi connectivity index (χ3n) is 6.09. The molecule has 1 amide bonds. The van der Waals surface area contributed by atoms with E-state index in [0.717, 1.165) is 22.3 Å². The van der Waals surface area contributed by atoms with Crippen molar-refractivity contribution in [1.82, 2.24) is 14.5 Å². The number of hydrogen-bond acceptors (Lipinski definition) is 6. The first-order valence-corrected chi connectivity index (χ1v) is 10.7. The van der Waals surface area contributed by atoms with Crippen LogP contribution < -0.4 is 14.8 Å². The van der Waals surface area contributed by atoms with E-state index < -0.39 is 6.04 Å². The summed E-state index contributed by atoms with van der Waals surface area (Å²) in [7, 11) is 3.25. The number of nitrogens with zero attached hydrogens (tertiary/aromatic N) is 3. The highest BCUT2D eigenvalue weighted by atomic mass is 16.5. The van der Waals surface area contributed by atoms with Crippen LogP contribution in [0.15, 0.2) is 53.7 Å². The third-order valence-corrected chi connectivity index (χ3v) is 6.09. The Hall–Kier alpha value is -3.52. The van der Waals surface area contributed by atoms with Crippen molar-refractivity contribution in [2.24, 2.45) is 0 Å². The first-order valence-electron chi connectivity index (χ1n) is 10.7. The van der Waals surface area contributed by atoms with Crippen LogP contribution in [0.25, 0.3) is 11.0 Å². The number of hydrogen-bond donors (Lipinski definition) is 1. The van der Waals surface area contributed by atoms with Gasteiger partial charge in [-0.1, -0.05) is 12.1 Å². The second-order valence-electron chi connectivity index (χ2n) is 7.87. The predicted molar refractivity (Wildman–Crippen MR) is 121 cm³/mol. The summed E-state index contributed by atoms with van der Waals surface area (Å²) in [4.78, 5) is 20.5. The number of benzene rings is 2. The quantitative estimate of drug-likeness (QED) is 0.680. The number of carbonyl (C=O) groups excluding carboxylic acids is 1. The van der Waals surface area contributed by atoms with Gasteiger partial charge in [-0.15, -0.1) is 0 Å². The molecule has 0 saturated carbocycles. The fraction of sp³-hybridized carbons (Fsp3) is 0.333. The van der Waals surface area contributed by atoms with E-state index in [9.17, 15) is 4.79 Å². The maximum atomic E-state index is 13.8. The van der Waals surface area contributed by atoms with Crippen LogP contribution in [0.3, 0.4) is 0 Å². The van der Waals surface area contributed by atoms with Crippen LogP contribution in [-0.2, 0) is 9.53 Å². The van der Waals surface area contributed by atoms with Crippen LogP contribution in [0, 0.1) is 0 Å². The van der Waals surface area contributed by atoms with Crippen LogP contribution in [0.5, 0.6) is 11.5 Å². The largest absolute Gasteiger partial charge is 0.497 e. The molecule has 1 atom stereocenters. The Labute approximate surface area is 186 Å². The third kappa shape index (κ3) is 3.27. The van der Waals surface area contributed by atoms with E-state index in [-0.39, 0.29) is 5.91 Å². The summed E-state index contributed by atoms with van der Waals surface area (Å²) >= 11 is 0. The molecule has 166 valence electrons. The normalized spacial score (nSPS) is 18.3. The van der Waals surface area contributed by atoms with Crippen LogP contribution >= 0.6 is 0 Å². The molecule has 1 fully saturated rings. The number of para-hydroxylation sites is 2. The zero-order chi connectivity index (χ0) is 22.2. The van der Waals surface area contributed by atoms with E-state index >= 15 is 0 Å². The van der Waals surface area contributed by atoms with Gasteiger partial charge in [0.25, 0.3) is 5.91 Å². The zero-order valence-corrected chi connectivity index (χ0v) is 18.4. The van der Waals surface area contributed by atoms with Gasteiger partial charge in [-0.3, -0.25) is 9.36 Å². The van der Waals surface area contributed by atoms with Crippen molar-refractivity contribution < 1.29 is 19.0 Å². The Morgan fingerprint density at radius 1 is 1.12 bits per heavy atom. The Morgan fingerprint density at radius 2 is 1.91 bits per heavy atom. The number of rotatable bonds is 4. The van der Waals surface area contributed by atoms with Gasteiger partial charge in [-0.05, 0) is 31.2 Å². The minimum absolute atomic E-state index is 0.00963. The van der Waals surface area contributed by atoms with Crippen LogP contribution in [0.1, 0.15) is 18.5 Å². The molecule has 0 bridgehead atoms. The van der Waals surface area contributed by atoms with Gasteiger partial charge in [0.1, 0.15) is 11.5 Å². The fourth-order valence-electron chi connectivity index (χ4n) is 4.52. The van der Waals surface area contributed by atoms with Crippen LogP contribution in [-0.4, -0.2) is 60.9 Å². The van der Waals surface area contributed by atoms with Gasteiger partial charge in [0.05, 0.1) is 50.1 Å². The summed E-state index contributed by atoms with van der Waals surface area (Å²) < 4.78 is 18.7. The first-order chi connectivity index (χ1) is 15.6. The molecule has 1 N–H and O–H groups in total. The van der Waals surface area contributed by atoms with Crippen molar-refractivity contribution >= 4 is 22.9 Å². The molecule has 8 heteroatoms. The second-order valence-corrected chi connectivity index (χ2v) is 7.87. The van der Waals surface area contributed by atoms with Crippen molar-refractivity contribution in [3.05, 3.63) is 59.3 Å².